The van der Waals surface area contributed by atoms with Crippen molar-refractivity contribution < 1.29 is 9.90 Å². The summed E-state index contributed by atoms with van der Waals surface area (Å²) in [5.74, 6) is -2.47. The van der Waals surface area contributed by atoms with Crippen LogP contribution < -0.4 is 5.11 Å². The summed E-state index contributed by atoms with van der Waals surface area (Å²) in [5.41, 5.74) is 2.33. The first-order valence-electron chi connectivity index (χ1n) is 7.65. The Morgan fingerprint density at radius 1 is 1.04 bits per heavy atom. The van der Waals surface area contributed by atoms with Gasteiger partial charge >= 0.3 is 0 Å². The summed E-state index contributed by atoms with van der Waals surface area (Å²) in [6, 6.07) is 22.2. The van der Waals surface area contributed by atoms with Crippen molar-refractivity contribution in [2.75, 3.05) is 13.1 Å². The van der Waals surface area contributed by atoms with E-state index in [1.54, 1.807) is 0 Å². The zero-order valence-electron chi connectivity index (χ0n) is 12.6. The number of likely N-dealkylation sites (tertiary alicyclic amines) is 1. The Morgan fingerprint density at radius 2 is 1.52 bits per heavy atom. The number of carboxylic acids is 1. The number of nitrogens with zero attached hydrogens (tertiary/aromatic N) is 2. The van der Waals surface area contributed by atoms with E-state index in [9.17, 15) is 9.90 Å². The Hall–Kier alpha value is -2.64. The van der Waals surface area contributed by atoms with E-state index >= 15 is 0 Å². The first-order valence-corrected chi connectivity index (χ1v) is 7.65. The number of benzene rings is 2. The molecule has 23 heavy (non-hydrogen) atoms. The smallest absolute Gasteiger partial charge is 0.0910 e. The van der Waals surface area contributed by atoms with Crippen LogP contribution >= 0.6 is 0 Å². The number of hydrogen-bond acceptors (Lipinski definition) is 4. The van der Waals surface area contributed by atoms with E-state index < -0.39 is 11.9 Å². The fourth-order valence-electron chi connectivity index (χ4n) is 3.21. The van der Waals surface area contributed by atoms with Crippen LogP contribution in [0, 0.1) is 23.2 Å². The van der Waals surface area contributed by atoms with E-state index in [2.05, 4.69) is 29.2 Å². The minimum absolute atomic E-state index is 0.0785. The van der Waals surface area contributed by atoms with E-state index in [0.29, 0.717) is 13.1 Å². The number of carbonyl (C=O) groups excluding carboxylic acids is 1. The molecule has 1 atom stereocenters. The van der Waals surface area contributed by atoms with E-state index in [1.165, 1.54) is 11.1 Å². The third-order valence-corrected chi connectivity index (χ3v) is 4.40. The molecule has 1 heterocycles. The predicted molar refractivity (Wildman–Crippen MR) is 83.9 cm³/mol. The van der Waals surface area contributed by atoms with Gasteiger partial charge in [0, 0.05) is 19.0 Å². The van der Waals surface area contributed by atoms with Crippen molar-refractivity contribution in [3.8, 4) is 6.07 Å². The average molecular weight is 305 g/mol. The van der Waals surface area contributed by atoms with Gasteiger partial charge < -0.3 is 9.90 Å². The molecule has 1 fully saturated rings. The number of carbonyl (C=O) groups is 1. The average Bonchev–Trinajstić information content (AvgIpc) is 2.54. The van der Waals surface area contributed by atoms with Crippen LogP contribution in [0.3, 0.4) is 0 Å². The minimum atomic E-state index is -1.27. The summed E-state index contributed by atoms with van der Waals surface area (Å²) in [6.07, 6.45) is 0. The van der Waals surface area contributed by atoms with E-state index in [4.69, 9.17) is 5.26 Å². The lowest BCUT2D eigenvalue weighted by Crippen LogP contribution is -2.54. The number of aliphatic carboxylic acids is 1. The van der Waals surface area contributed by atoms with Gasteiger partial charge in [0.25, 0.3) is 0 Å². The first kappa shape index (κ1) is 15.3. The monoisotopic (exact) mass is 305 g/mol. The lowest BCUT2D eigenvalue weighted by molar-refractivity contribution is -0.312. The molecule has 0 radical (unpaired) electrons. The second kappa shape index (κ2) is 6.64. The molecule has 4 heteroatoms. The Morgan fingerprint density at radius 3 is 1.91 bits per heavy atom. The first-order chi connectivity index (χ1) is 11.2. The van der Waals surface area contributed by atoms with Gasteiger partial charge in [-0.05, 0) is 11.1 Å². The molecule has 0 saturated carbocycles. The lowest BCUT2D eigenvalue weighted by atomic mass is 9.83. The Kier molecular flexibility index (Phi) is 4.40. The highest BCUT2D eigenvalue weighted by atomic mass is 16.4. The summed E-state index contributed by atoms with van der Waals surface area (Å²) in [4.78, 5) is 13.2. The van der Waals surface area contributed by atoms with E-state index in [-0.39, 0.29) is 12.0 Å². The van der Waals surface area contributed by atoms with Crippen molar-refractivity contribution in [1.82, 2.24) is 4.90 Å². The zero-order valence-corrected chi connectivity index (χ0v) is 12.6. The Balaban J connectivity index is 1.82. The Bertz CT molecular complexity index is 664. The molecule has 116 valence electrons. The van der Waals surface area contributed by atoms with E-state index in [0.717, 1.165) is 0 Å². The normalized spacial score (nSPS) is 16.5. The maximum atomic E-state index is 11.0. The number of carboxylic acid groups (broad SMARTS) is 1. The van der Waals surface area contributed by atoms with Crippen molar-refractivity contribution in [3.63, 3.8) is 0 Å². The highest BCUT2D eigenvalue weighted by molar-refractivity contribution is 5.71. The molecule has 0 aliphatic carbocycles. The van der Waals surface area contributed by atoms with Gasteiger partial charge in [-0.15, -0.1) is 0 Å². The summed E-state index contributed by atoms with van der Waals surface area (Å²) >= 11 is 0. The summed E-state index contributed by atoms with van der Waals surface area (Å²) in [7, 11) is 0. The molecule has 0 aromatic heterocycles. The summed E-state index contributed by atoms with van der Waals surface area (Å²) in [6.45, 7) is 1.17. The topological polar surface area (TPSA) is 67.2 Å². The molecule has 0 N–H and O–H groups in total. The quantitative estimate of drug-likeness (QED) is 0.841. The molecule has 1 saturated heterocycles. The zero-order chi connectivity index (χ0) is 16.2. The molecule has 0 spiro atoms. The largest absolute Gasteiger partial charge is 0.549 e. The van der Waals surface area contributed by atoms with Crippen LogP contribution in [0.5, 0.6) is 0 Å². The molecular weight excluding hydrogens is 288 g/mol. The van der Waals surface area contributed by atoms with Gasteiger partial charge in [0.15, 0.2) is 0 Å². The van der Waals surface area contributed by atoms with Crippen LogP contribution in [0.2, 0.25) is 0 Å². The molecule has 0 bridgehead atoms. The predicted octanol–water partition coefficient (Wildman–Crippen LogP) is 1.60. The lowest BCUT2D eigenvalue weighted by Gasteiger charge is -2.46. The van der Waals surface area contributed by atoms with Gasteiger partial charge in [0.05, 0.1) is 24.0 Å². The molecule has 2 aromatic rings. The molecule has 1 unspecified atom stereocenters. The third-order valence-electron chi connectivity index (χ3n) is 4.40. The number of nitriles is 1. The molecule has 2 aromatic carbocycles. The van der Waals surface area contributed by atoms with Gasteiger partial charge in [-0.25, -0.2) is 0 Å². The highest BCUT2D eigenvalue weighted by Gasteiger charge is 2.38. The van der Waals surface area contributed by atoms with Crippen LogP contribution in [-0.2, 0) is 4.79 Å². The number of rotatable bonds is 5. The van der Waals surface area contributed by atoms with Crippen molar-refractivity contribution >= 4 is 5.97 Å². The SMILES string of the molecule is N#CC(C(=O)[O-])C1CN(C(c2ccccc2)c2ccccc2)C1. The van der Waals surface area contributed by atoms with Crippen molar-refractivity contribution in [2.24, 2.45) is 11.8 Å². The van der Waals surface area contributed by atoms with Crippen LogP contribution in [0.1, 0.15) is 17.2 Å². The fraction of sp³-hybridized carbons (Fsp3) is 0.263. The standard InChI is InChI=1S/C19H18N2O2/c20-11-17(19(22)23)16-12-21(13-16)18(14-7-3-1-4-8-14)15-9-5-2-6-10-15/h1-10,16-18H,12-13H2,(H,22,23)/p-1. The number of hydrogen-bond donors (Lipinski definition) is 0. The second-order valence-electron chi connectivity index (χ2n) is 5.86. The molecule has 3 rings (SSSR count). The van der Waals surface area contributed by atoms with Gasteiger partial charge in [0.1, 0.15) is 0 Å². The molecule has 1 aliphatic rings. The fourth-order valence-corrected chi connectivity index (χ4v) is 3.21. The molecular formula is C19H17N2O2-. The Labute approximate surface area is 135 Å². The van der Waals surface area contributed by atoms with Crippen molar-refractivity contribution in [2.45, 2.75) is 6.04 Å². The summed E-state index contributed by atoms with van der Waals surface area (Å²) in [5, 5.41) is 20.0. The van der Waals surface area contributed by atoms with Crippen LogP contribution in [-0.4, -0.2) is 24.0 Å². The van der Waals surface area contributed by atoms with Crippen molar-refractivity contribution in [1.29, 1.82) is 5.26 Å². The van der Waals surface area contributed by atoms with Gasteiger partial charge in [0.2, 0.25) is 0 Å². The third kappa shape index (κ3) is 3.10. The van der Waals surface area contributed by atoms with Crippen LogP contribution in [0.15, 0.2) is 60.7 Å². The second-order valence-corrected chi connectivity index (χ2v) is 5.86. The van der Waals surface area contributed by atoms with Crippen LogP contribution in [0.25, 0.3) is 0 Å². The summed E-state index contributed by atoms with van der Waals surface area (Å²) < 4.78 is 0. The highest BCUT2D eigenvalue weighted by Crippen LogP contribution is 2.36. The maximum absolute atomic E-state index is 11.0. The minimum Gasteiger partial charge on any atom is -0.549 e. The van der Waals surface area contributed by atoms with Crippen molar-refractivity contribution in [3.05, 3.63) is 71.8 Å². The van der Waals surface area contributed by atoms with Gasteiger partial charge in [-0.2, -0.15) is 5.26 Å². The van der Waals surface area contributed by atoms with Crippen LogP contribution in [0.4, 0.5) is 0 Å². The van der Waals surface area contributed by atoms with Gasteiger partial charge in [-0.1, -0.05) is 60.7 Å². The molecule has 1 aliphatic heterocycles. The van der Waals surface area contributed by atoms with E-state index in [1.807, 2.05) is 42.5 Å². The molecule has 0 amide bonds. The maximum Gasteiger partial charge on any atom is 0.0910 e. The molecule has 4 nitrogen and oxygen atoms in total. The van der Waals surface area contributed by atoms with Gasteiger partial charge in [-0.3, -0.25) is 4.90 Å².